The fourth-order valence-corrected chi connectivity index (χ4v) is 13.6. The topological polar surface area (TPSA) is 237 Å². The molecule has 580 valence electrons. The van der Waals surface area contributed by atoms with Crippen LogP contribution in [0.3, 0.4) is 0 Å². The summed E-state index contributed by atoms with van der Waals surface area (Å²) in [6, 6.07) is 0. The highest BCUT2D eigenvalue weighted by atomic mass is 31.2. The molecule has 0 amide bonds. The fourth-order valence-electron chi connectivity index (χ4n) is 12.0. The molecule has 0 aliphatic heterocycles. The number of aliphatic hydroxyl groups excluding tert-OH is 1. The number of ether oxygens (including phenoxy) is 4. The van der Waals surface area contributed by atoms with Crippen LogP contribution in [0.4, 0.5) is 0 Å². The van der Waals surface area contributed by atoms with Crippen molar-refractivity contribution >= 4 is 39.5 Å². The molecular weight excluding hydrogens is 1280 g/mol. The lowest BCUT2D eigenvalue weighted by Crippen LogP contribution is -2.30. The number of hydrogen-bond donors (Lipinski definition) is 3. The number of hydrogen-bond acceptors (Lipinski definition) is 15. The molecule has 19 heteroatoms. The quantitative estimate of drug-likeness (QED) is 0.0169. The minimum Gasteiger partial charge on any atom is -0.462 e. The van der Waals surface area contributed by atoms with Gasteiger partial charge >= 0.3 is 39.5 Å². The summed E-state index contributed by atoms with van der Waals surface area (Å²) in [5, 5.41) is 10.6. The van der Waals surface area contributed by atoms with Crippen molar-refractivity contribution in [2.24, 2.45) is 0 Å². The van der Waals surface area contributed by atoms with Gasteiger partial charge in [-0.3, -0.25) is 37.3 Å². The molecule has 0 aromatic carbocycles. The maximum absolute atomic E-state index is 13.1. The number of carbonyl (C=O) groups is 4. The molecule has 0 fully saturated rings. The standard InChI is InChI=1S/C79H152O17P2/c1-5-9-13-17-21-25-29-33-35-36-38-41-44-48-52-56-60-64-77(82)90-70-74(95-78(83)65-61-57-53-49-45-40-32-28-24-20-16-12-8-4)71-93-97(85,86)91-67-73(80)68-92-98(87,88)94-72-75(69-89-76(81)63-59-55-51-47-43-39-31-27-23-19-15-11-7-3)96-79(84)66-62-58-54-50-46-42-37-34-30-26-22-18-14-10-6-2/h34,37,73-75,80H,5-33,35-36,38-72H2,1-4H3,(H,85,86)(H,87,88)/b37-34-/t73-,74-,75-/m1/s1. The second-order valence-electron chi connectivity index (χ2n) is 28.1. The second-order valence-corrected chi connectivity index (χ2v) is 31.0. The fraction of sp³-hybridized carbons (Fsp3) is 0.924. The lowest BCUT2D eigenvalue weighted by Gasteiger charge is -2.21. The molecule has 5 atom stereocenters. The highest BCUT2D eigenvalue weighted by Gasteiger charge is 2.30. The maximum atomic E-state index is 13.1. The Balaban J connectivity index is 5.26. The Hall–Kier alpha value is -2.20. The van der Waals surface area contributed by atoms with Crippen molar-refractivity contribution < 1.29 is 80.2 Å². The van der Waals surface area contributed by atoms with Gasteiger partial charge in [0, 0.05) is 25.7 Å². The van der Waals surface area contributed by atoms with Crippen LogP contribution in [0.25, 0.3) is 0 Å². The molecule has 0 radical (unpaired) electrons. The minimum atomic E-state index is -4.96. The molecule has 3 N–H and O–H groups in total. The molecule has 0 saturated carbocycles. The van der Waals surface area contributed by atoms with Crippen LogP contribution in [-0.2, 0) is 65.4 Å². The zero-order valence-corrected chi connectivity index (χ0v) is 65.3. The SMILES string of the molecule is CCCCCCCC/C=C\CCCCCCCC(=O)O[C@H](COC(=O)CCCCCCCCCCCCCCC)COP(=O)(O)OC[C@H](O)COP(=O)(O)OC[C@@H](COC(=O)CCCCCCCCCCCCCCCCCCC)OC(=O)CCCCCCCCCCCCCCC. The van der Waals surface area contributed by atoms with Gasteiger partial charge in [0.2, 0.25) is 0 Å². The normalized spacial score (nSPS) is 13.9. The van der Waals surface area contributed by atoms with Gasteiger partial charge in [-0.05, 0) is 51.4 Å². The van der Waals surface area contributed by atoms with E-state index in [1.54, 1.807) is 0 Å². The molecule has 0 aromatic rings. The van der Waals surface area contributed by atoms with Crippen molar-refractivity contribution in [1.82, 2.24) is 0 Å². The number of carbonyl (C=O) groups excluding carboxylic acids is 4. The molecule has 98 heavy (non-hydrogen) atoms. The van der Waals surface area contributed by atoms with Crippen molar-refractivity contribution in [2.75, 3.05) is 39.6 Å². The third-order valence-corrected chi connectivity index (χ3v) is 20.2. The summed E-state index contributed by atoms with van der Waals surface area (Å²) in [4.78, 5) is 73.0. The number of unbranched alkanes of at least 4 members (excludes halogenated alkanes) is 51. The number of allylic oxidation sites excluding steroid dienone is 2. The Kier molecular flexibility index (Phi) is 71.5. The van der Waals surface area contributed by atoms with Crippen LogP contribution < -0.4 is 0 Å². The van der Waals surface area contributed by atoms with E-state index in [0.717, 1.165) is 103 Å². The van der Waals surface area contributed by atoms with Crippen LogP contribution in [0, 0.1) is 0 Å². The number of aliphatic hydroxyl groups is 1. The van der Waals surface area contributed by atoms with Gasteiger partial charge in [-0.15, -0.1) is 0 Å². The van der Waals surface area contributed by atoms with Crippen molar-refractivity contribution in [2.45, 2.75) is 431 Å². The van der Waals surface area contributed by atoms with E-state index in [2.05, 4.69) is 39.8 Å². The van der Waals surface area contributed by atoms with E-state index >= 15 is 0 Å². The van der Waals surface area contributed by atoms with Crippen molar-refractivity contribution in [3.63, 3.8) is 0 Å². The van der Waals surface area contributed by atoms with Gasteiger partial charge in [0.1, 0.15) is 19.3 Å². The average Bonchev–Trinajstić information content (AvgIpc) is 0.984. The third kappa shape index (κ3) is 72.2. The zero-order chi connectivity index (χ0) is 71.8. The Bertz CT molecular complexity index is 1910. The minimum absolute atomic E-state index is 0.0952. The molecule has 0 heterocycles. The van der Waals surface area contributed by atoms with Gasteiger partial charge in [0.05, 0.1) is 26.4 Å². The molecule has 0 bridgehead atoms. The first-order chi connectivity index (χ1) is 47.7. The van der Waals surface area contributed by atoms with Crippen LogP contribution in [-0.4, -0.2) is 96.7 Å². The summed E-state index contributed by atoms with van der Waals surface area (Å²) in [7, 11) is -9.92. The van der Waals surface area contributed by atoms with E-state index in [1.165, 1.54) is 231 Å². The molecule has 0 aromatic heterocycles. The van der Waals surface area contributed by atoms with Gasteiger partial charge in [0.25, 0.3) is 0 Å². The predicted molar refractivity (Wildman–Crippen MR) is 400 cm³/mol. The van der Waals surface area contributed by atoms with Crippen molar-refractivity contribution in [1.29, 1.82) is 0 Å². The van der Waals surface area contributed by atoms with E-state index in [1.807, 2.05) is 0 Å². The Labute approximate surface area is 600 Å². The average molecular weight is 1440 g/mol. The van der Waals surface area contributed by atoms with Crippen molar-refractivity contribution in [3.05, 3.63) is 12.2 Å². The summed E-state index contributed by atoms with van der Waals surface area (Å²) in [5.74, 6) is -2.12. The lowest BCUT2D eigenvalue weighted by molar-refractivity contribution is -0.161. The molecule has 0 aliphatic rings. The monoisotopic (exact) mass is 1440 g/mol. The lowest BCUT2D eigenvalue weighted by atomic mass is 10.0. The molecule has 0 saturated heterocycles. The number of phosphoric ester groups is 2. The molecule has 2 unspecified atom stereocenters. The summed E-state index contributed by atoms with van der Waals surface area (Å²) in [6.07, 6.45) is 66.1. The Morgan fingerprint density at radius 1 is 0.276 bits per heavy atom. The highest BCUT2D eigenvalue weighted by molar-refractivity contribution is 7.47. The van der Waals surface area contributed by atoms with Gasteiger partial charge in [-0.1, -0.05) is 348 Å². The summed E-state index contributed by atoms with van der Waals surface area (Å²) < 4.78 is 68.6. The molecule has 0 rings (SSSR count). The number of esters is 4. The van der Waals surface area contributed by atoms with E-state index in [9.17, 15) is 43.2 Å². The first kappa shape index (κ1) is 95.8. The number of rotatable bonds is 79. The van der Waals surface area contributed by atoms with Gasteiger partial charge < -0.3 is 33.8 Å². The maximum Gasteiger partial charge on any atom is 0.472 e. The van der Waals surface area contributed by atoms with Crippen LogP contribution >= 0.6 is 15.6 Å². The first-order valence-electron chi connectivity index (χ1n) is 40.9. The number of phosphoric acid groups is 2. The largest absolute Gasteiger partial charge is 0.472 e. The van der Waals surface area contributed by atoms with Gasteiger partial charge in [-0.2, -0.15) is 0 Å². The smallest absolute Gasteiger partial charge is 0.462 e. The summed E-state index contributed by atoms with van der Waals surface area (Å²) in [5.41, 5.74) is 0. The highest BCUT2D eigenvalue weighted by Crippen LogP contribution is 2.45. The Morgan fingerprint density at radius 2 is 0.469 bits per heavy atom. The molecule has 17 nitrogen and oxygen atoms in total. The zero-order valence-electron chi connectivity index (χ0n) is 63.5. The van der Waals surface area contributed by atoms with Crippen LogP contribution in [0.15, 0.2) is 12.2 Å². The molecule has 0 aliphatic carbocycles. The van der Waals surface area contributed by atoms with E-state index in [0.29, 0.717) is 25.7 Å². The molecular formula is C79H152O17P2. The van der Waals surface area contributed by atoms with Crippen LogP contribution in [0.1, 0.15) is 413 Å². The summed E-state index contributed by atoms with van der Waals surface area (Å²) in [6.45, 7) is 4.99. The first-order valence-corrected chi connectivity index (χ1v) is 43.9. The van der Waals surface area contributed by atoms with E-state index < -0.39 is 97.5 Å². The van der Waals surface area contributed by atoms with Crippen LogP contribution in [0.2, 0.25) is 0 Å². The van der Waals surface area contributed by atoms with Crippen molar-refractivity contribution in [3.8, 4) is 0 Å². The predicted octanol–water partition coefficient (Wildman–Crippen LogP) is 23.6. The van der Waals surface area contributed by atoms with E-state index in [4.69, 9.17) is 37.0 Å². The Morgan fingerprint density at radius 3 is 0.704 bits per heavy atom. The van der Waals surface area contributed by atoms with Gasteiger partial charge in [-0.25, -0.2) is 9.13 Å². The third-order valence-electron chi connectivity index (χ3n) is 18.3. The van der Waals surface area contributed by atoms with Crippen LogP contribution in [0.5, 0.6) is 0 Å². The second kappa shape index (κ2) is 73.1. The summed E-state index contributed by atoms with van der Waals surface area (Å²) >= 11 is 0. The van der Waals surface area contributed by atoms with Gasteiger partial charge in [0.15, 0.2) is 12.2 Å². The molecule has 0 spiro atoms. The van der Waals surface area contributed by atoms with E-state index in [-0.39, 0.29) is 25.7 Å².